The third kappa shape index (κ3) is 2.25. The molecule has 14 heavy (non-hydrogen) atoms. The van der Waals surface area contributed by atoms with Crippen LogP contribution in [0.15, 0.2) is 18.3 Å². The van der Waals surface area contributed by atoms with Gasteiger partial charge < -0.3 is 15.4 Å². The smallest absolute Gasteiger partial charge is 0.358 e. The average molecular weight is 195 g/mol. The number of nitrogens with one attached hydrogen (secondary N) is 1. The Morgan fingerprint density at radius 2 is 2.43 bits per heavy atom. The minimum atomic E-state index is -0.636. The fraction of sp³-hybridized carbons (Fsp3) is 0.250. The molecule has 0 aromatic carbocycles. The molecule has 0 spiro atoms. The number of hydrogen-bond acceptors (Lipinski definition) is 4. The minimum absolute atomic E-state index is 0.244. The minimum Gasteiger partial charge on any atom is -0.358 e. The summed E-state index contributed by atoms with van der Waals surface area (Å²) in [5, 5.41) is 12.9. The van der Waals surface area contributed by atoms with Crippen LogP contribution in [0.4, 0.5) is 5.82 Å². The Balaban J connectivity index is 2.93. The maximum Gasteiger partial charge on any atom is 0.364 e. The second kappa shape index (κ2) is 4.31. The molecular weight excluding hydrogens is 186 g/mol. The monoisotopic (exact) mass is 195 g/mol. The fourth-order valence-electron chi connectivity index (χ4n) is 0.922. The molecule has 0 aliphatic heterocycles. The topological polar surface area (TPSA) is 85.1 Å². The van der Waals surface area contributed by atoms with Gasteiger partial charge in [-0.25, -0.2) is 0 Å². The van der Waals surface area contributed by atoms with Gasteiger partial charge in [0.2, 0.25) is 0 Å². The van der Waals surface area contributed by atoms with Crippen LogP contribution in [0.1, 0.15) is 17.3 Å². The van der Waals surface area contributed by atoms with Crippen molar-refractivity contribution >= 4 is 11.7 Å². The van der Waals surface area contributed by atoms with E-state index in [1.54, 1.807) is 6.92 Å². The molecule has 1 aromatic heterocycles. The van der Waals surface area contributed by atoms with E-state index in [2.05, 4.69) is 10.3 Å². The third-order valence-electron chi connectivity index (χ3n) is 1.53. The van der Waals surface area contributed by atoms with Crippen molar-refractivity contribution in [2.45, 2.75) is 6.92 Å². The molecule has 0 aliphatic rings. The Bertz CT molecular complexity index is 365. The molecule has 1 N–H and O–H groups in total. The van der Waals surface area contributed by atoms with Gasteiger partial charge in [-0.05, 0) is 22.9 Å². The molecule has 0 fully saturated rings. The van der Waals surface area contributed by atoms with Gasteiger partial charge in [0.15, 0.2) is 0 Å². The summed E-state index contributed by atoms with van der Waals surface area (Å²) in [6.45, 7) is 2.25. The standard InChI is InChI=1S/C8H9N3O3/c1-2-9-8(12)6-3-4-10-7(5-6)11(13)14/h3-5H,2H2,1H3,(H,9,12). The Labute approximate surface area is 80.1 Å². The number of carbonyl (C=O) groups excluding carboxylic acids is 1. The lowest BCUT2D eigenvalue weighted by molar-refractivity contribution is -0.389. The molecule has 1 rings (SSSR count). The van der Waals surface area contributed by atoms with Gasteiger partial charge in [0.05, 0.1) is 5.56 Å². The summed E-state index contributed by atoms with van der Waals surface area (Å²) in [5.41, 5.74) is 0.244. The van der Waals surface area contributed by atoms with Crippen molar-refractivity contribution in [3.63, 3.8) is 0 Å². The van der Waals surface area contributed by atoms with Crippen molar-refractivity contribution in [3.8, 4) is 0 Å². The predicted molar refractivity (Wildman–Crippen MR) is 48.9 cm³/mol. The van der Waals surface area contributed by atoms with Crippen molar-refractivity contribution in [2.24, 2.45) is 0 Å². The average Bonchev–Trinajstić information content (AvgIpc) is 2.18. The summed E-state index contributed by atoms with van der Waals surface area (Å²) >= 11 is 0. The Kier molecular flexibility index (Phi) is 3.11. The largest absolute Gasteiger partial charge is 0.364 e. The lowest BCUT2D eigenvalue weighted by atomic mass is 10.2. The van der Waals surface area contributed by atoms with E-state index in [0.717, 1.165) is 6.07 Å². The molecule has 0 radical (unpaired) electrons. The second-order valence-electron chi connectivity index (χ2n) is 2.52. The summed E-state index contributed by atoms with van der Waals surface area (Å²) in [4.78, 5) is 24.5. The fourth-order valence-corrected chi connectivity index (χ4v) is 0.922. The first-order valence-corrected chi connectivity index (χ1v) is 4.03. The molecular formula is C8H9N3O3. The van der Waals surface area contributed by atoms with E-state index in [1.165, 1.54) is 12.3 Å². The van der Waals surface area contributed by atoms with E-state index in [-0.39, 0.29) is 17.3 Å². The van der Waals surface area contributed by atoms with E-state index in [4.69, 9.17) is 0 Å². The van der Waals surface area contributed by atoms with Crippen LogP contribution in [-0.2, 0) is 0 Å². The summed E-state index contributed by atoms with van der Waals surface area (Å²) in [6.07, 6.45) is 1.24. The molecule has 6 nitrogen and oxygen atoms in total. The zero-order valence-corrected chi connectivity index (χ0v) is 7.56. The molecule has 1 amide bonds. The molecule has 74 valence electrons. The quantitative estimate of drug-likeness (QED) is 0.569. The van der Waals surface area contributed by atoms with E-state index < -0.39 is 4.92 Å². The van der Waals surface area contributed by atoms with E-state index in [1.807, 2.05) is 0 Å². The Hall–Kier alpha value is -1.98. The molecule has 0 saturated heterocycles. The van der Waals surface area contributed by atoms with E-state index in [9.17, 15) is 14.9 Å². The molecule has 1 aromatic rings. The maximum atomic E-state index is 11.3. The van der Waals surface area contributed by atoms with Crippen LogP contribution in [-0.4, -0.2) is 22.4 Å². The molecule has 0 aliphatic carbocycles. The van der Waals surface area contributed by atoms with Gasteiger partial charge in [-0.3, -0.25) is 4.79 Å². The van der Waals surface area contributed by atoms with Gasteiger partial charge in [0, 0.05) is 12.6 Å². The van der Waals surface area contributed by atoms with Gasteiger partial charge in [-0.15, -0.1) is 0 Å². The number of pyridine rings is 1. The summed E-state index contributed by atoms with van der Waals surface area (Å²) in [5.74, 6) is -0.660. The summed E-state index contributed by atoms with van der Waals surface area (Å²) in [6, 6.07) is 2.57. The molecule has 0 unspecified atom stereocenters. The van der Waals surface area contributed by atoms with Crippen molar-refractivity contribution in [2.75, 3.05) is 6.54 Å². The molecule has 0 atom stereocenters. The highest BCUT2D eigenvalue weighted by Crippen LogP contribution is 2.08. The van der Waals surface area contributed by atoms with Crippen LogP contribution in [0.25, 0.3) is 0 Å². The second-order valence-corrected chi connectivity index (χ2v) is 2.52. The zero-order chi connectivity index (χ0) is 10.6. The van der Waals surface area contributed by atoms with Crippen LogP contribution in [0.3, 0.4) is 0 Å². The normalized spacial score (nSPS) is 9.50. The van der Waals surface area contributed by atoms with Crippen LogP contribution in [0.2, 0.25) is 0 Å². The molecule has 1 heterocycles. The lowest BCUT2D eigenvalue weighted by Crippen LogP contribution is -2.22. The van der Waals surface area contributed by atoms with Gasteiger partial charge in [0.25, 0.3) is 5.91 Å². The van der Waals surface area contributed by atoms with Crippen molar-refractivity contribution < 1.29 is 9.72 Å². The number of hydrogen-bond donors (Lipinski definition) is 1. The number of carbonyl (C=O) groups is 1. The van der Waals surface area contributed by atoms with Gasteiger partial charge in [-0.2, -0.15) is 0 Å². The van der Waals surface area contributed by atoms with Crippen molar-refractivity contribution in [1.82, 2.24) is 10.3 Å². The van der Waals surface area contributed by atoms with Crippen LogP contribution < -0.4 is 5.32 Å². The predicted octanol–water partition coefficient (Wildman–Crippen LogP) is 0.740. The highest BCUT2D eigenvalue weighted by Gasteiger charge is 2.11. The van der Waals surface area contributed by atoms with Crippen molar-refractivity contribution in [1.29, 1.82) is 0 Å². The number of amides is 1. The lowest BCUT2D eigenvalue weighted by Gasteiger charge is -2.00. The first kappa shape index (κ1) is 10.1. The maximum absolute atomic E-state index is 11.3. The molecule has 6 heteroatoms. The van der Waals surface area contributed by atoms with Gasteiger partial charge in [0.1, 0.15) is 6.20 Å². The molecule has 0 bridgehead atoms. The summed E-state index contributed by atoms with van der Waals surface area (Å²) in [7, 11) is 0. The first-order chi connectivity index (χ1) is 6.65. The van der Waals surface area contributed by atoms with E-state index >= 15 is 0 Å². The number of rotatable bonds is 3. The van der Waals surface area contributed by atoms with Crippen molar-refractivity contribution in [3.05, 3.63) is 34.0 Å². The zero-order valence-electron chi connectivity index (χ0n) is 7.56. The van der Waals surface area contributed by atoms with Gasteiger partial charge >= 0.3 is 5.82 Å². The SMILES string of the molecule is CCNC(=O)c1ccnc([N+](=O)[O-])c1. The molecule has 0 saturated carbocycles. The number of nitro groups is 1. The van der Waals surface area contributed by atoms with Crippen LogP contribution >= 0.6 is 0 Å². The van der Waals surface area contributed by atoms with E-state index in [0.29, 0.717) is 6.54 Å². The summed E-state index contributed by atoms with van der Waals surface area (Å²) < 4.78 is 0. The van der Waals surface area contributed by atoms with Crippen LogP contribution in [0, 0.1) is 10.1 Å². The Morgan fingerprint density at radius 1 is 1.71 bits per heavy atom. The Morgan fingerprint density at radius 3 is 3.00 bits per heavy atom. The number of aromatic nitrogens is 1. The van der Waals surface area contributed by atoms with Crippen LogP contribution in [0.5, 0.6) is 0 Å². The highest BCUT2D eigenvalue weighted by molar-refractivity contribution is 5.94. The highest BCUT2D eigenvalue weighted by atomic mass is 16.6. The first-order valence-electron chi connectivity index (χ1n) is 4.03. The number of nitrogens with zero attached hydrogens (tertiary/aromatic N) is 2. The third-order valence-corrected chi connectivity index (χ3v) is 1.53. The van der Waals surface area contributed by atoms with Gasteiger partial charge in [-0.1, -0.05) is 0 Å².